The van der Waals surface area contributed by atoms with Crippen molar-refractivity contribution in [2.24, 2.45) is 0 Å². The molecular weight excluding hydrogens is 502 g/mol. The number of aldehydes is 1. The molecule has 2 aliphatic rings. The van der Waals surface area contributed by atoms with Crippen LogP contribution in [-0.2, 0) is 33.9 Å². The highest BCUT2D eigenvalue weighted by molar-refractivity contribution is 6.30. The van der Waals surface area contributed by atoms with Gasteiger partial charge in [-0.3, -0.25) is 9.59 Å². The number of carbonyl (C=O) groups excluding carboxylic acids is 3. The number of fused-ring (bicyclic) bond motifs is 2. The molecule has 4 rings (SSSR count). The molecule has 2 unspecified atom stereocenters. The first-order valence-corrected chi connectivity index (χ1v) is 14.0. The highest BCUT2D eigenvalue weighted by atomic mass is 35.5. The summed E-state index contributed by atoms with van der Waals surface area (Å²) in [5.74, 6) is -0.362. The average molecular weight is 540 g/mol. The van der Waals surface area contributed by atoms with Gasteiger partial charge < -0.3 is 24.6 Å². The molecule has 2 aromatic carbocycles. The Kier molecular flexibility index (Phi) is 9.94. The fourth-order valence-electron chi connectivity index (χ4n) is 5.62. The van der Waals surface area contributed by atoms with Crippen LogP contribution in [0.4, 0.5) is 0 Å². The number of aryl methyl sites for hydroxylation is 1. The van der Waals surface area contributed by atoms with Gasteiger partial charge in [-0.2, -0.15) is 0 Å². The number of nitrogens with zero attached hydrogens (tertiary/aromatic N) is 2. The summed E-state index contributed by atoms with van der Waals surface area (Å²) >= 11 is 6.20. The molecule has 0 aliphatic carbocycles. The molecule has 0 radical (unpaired) electrons. The van der Waals surface area contributed by atoms with Gasteiger partial charge in [0.05, 0.1) is 12.7 Å². The summed E-state index contributed by atoms with van der Waals surface area (Å²) in [5, 5.41) is 3.40. The number of ether oxygens (including phenoxy) is 1. The molecule has 0 spiro atoms. The van der Waals surface area contributed by atoms with Gasteiger partial charge in [0.1, 0.15) is 12.3 Å². The van der Waals surface area contributed by atoms with Crippen LogP contribution in [0.15, 0.2) is 36.4 Å². The lowest BCUT2D eigenvalue weighted by Crippen LogP contribution is -2.46. The number of benzene rings is 2. The van der Waals surface area contributed by atoms with E-state index in [1.165, 1.54) is 16.7 Å². The van der Waals surface area contributed by atoms with Gasteiger partial charge in [-0.15, -0.1) is 0 Å². The van der Waals surface area contributed by atoms with Crippen molar-refractivity contribution in [1.82, 2.24) is 15.1 Å². The van der Waals surface area contributed by atoms with Gasteiger partial charge in [-0.05, 0) is 85.6 Å². The summed E-state index contributed by atoms with van der Waals surface area (Å²) in [4.78, 5) is 40.6. The molecule has 0 saturated heterocycles. The lowest BCUT2D eigenvalue weighted by atomic mass is 9.98. The SMILES string of the molecule is CCN(CCCCc1cccc2c1CN(C(CCC=O)C(=O)NC)C2=O)CCC1OCc2ccc(Cl)cc21. The number of unbranched alkanes of at least 4 members (excludes halogenated alkanes) is 1. The molecule has 2 aliphatic heterocycles. The topological polar surface area (TPSA) is 79.0 Å². The molecule has 2 aromatic rings. The van der Waals surface area contributed by atoms with E-state index in [1.807, 2.05) is 24.3 Å². The largest absolute Gasteiger partial charge is 0.369 e. The predicted octanol–water partition coefficient (Wildman–Crippen LogP) is 4.70. The highest BCUT2D eigenvalue weighted by Crippen LogP contribution is 2.35. The predicted molar refractivity (Wildman–Crippen MR) is 148 cm³/mol. The first-order chi connectivity index (χ1) is 18.5. The number of halogens is 1. The molecule has 2 amide bonds. The van der Waals surface area contributed by atoms with Crippen molar-refractivity contribution in [2.75, 3.05) is 26.7 Å². The average Bonchev–Trinajstić information content (AvgIpc) is 3.49. The molecule has 0 fully saturated rings. The maximum absolute atomic E-state index is 13.1. The number of rotatable bonds is 14. The number of amides is 2. The molecular formula is C30H38ClN3O4. The van der Waals surface area contributed by atoms with E-state index < -0.39 is 6.04 Å². The van der Waals surface area contributed by atoms with Crippen molar-refractivity contribution in [2.45, 2.75) is 70.7 Å². The lowest BCUT2D eigenvalue weighted by molar-refractivity contribution is -0.125. The van der Waals surface area contributed by atoms with Crippen LogP contribution in [0.5, 0.6) is 0 Å². The van der Waals surface area contributed by atoms with Gasteiger partial charge in [0.15, 0.2) is 0 Å². The molecule has 7 nitrogen and oxygen atoms in total. The highest BCUT2D eigenvalue weighted by Gasteiger charge is 2.36. The van der Waals surface area contributed by atoms with E-state index in [9.17, 15) is 14.4 Å². The van der Waals surface area contributed by atoms with E-state index in [2.05, 4.69) is 29.3 Å². The van der Waals surface area contributed by atoms with Gasteiger partial charge >= 0.3 is 0 Å². The normalized spacial score (nSPS) is 17.0. The number of nitrogens with one attached hydrogen (secondary N) is 1. The minimum atomic E-state index is -0.636. The Labute approximate surface area is 230 Å². The van der Waals surface area contributed by atoms with Crippen LogP contribution in [0.3, 0.4) is 0 Å². The zero-order chi connectivity index (χ0) is 27.1. The van der Waals surface area contributed by atoms with Gasteiger partial charge in [-0.1, -0.05) is 36.7 Å². The minimum absolute atomic E-state index is 0.107. The van der Waals surface area contributed by atoms with Crippen LogP contribution in [-0.4, -0.2) is 60.6 Å². The zero-order valence-corrected chi connectivity index (χ0v) is 23.1. The van der Waals surface area contributed by atoms with E-state index in [0.29, 0.717) is 25.1 Å². The second kappa shape index (κ2) is 13.4. The molecule has 38 heavy (non-hydrogen) atoms. The van der Waals surface area contributed by atoms with Gasteiger partial charge in [-0.25, -0.2) is 0 Å². The van der Waals surface area contributed by atoms with E-state index in [-0.39, 0.29) is 24.3 Å². The number of hydrogen-bond donors (Lipinski definition) is 1. The summed E-state index contributed by atoms with van der Waals surface area (Å²) < 4.78 is 6.02. The number of likely N-dealkylation sites (N-methyl/N-ethyl adjacent to an activating group) is 1. The van der Waals surface area contributed by atoms with Crippen LogP contribution >= 0.6 is 11.6 Å². The first-order valence-electron chi connectivity index (χ1n) is 13.7. The summed E-state index contributed by atoms with van der Waals surface area (Å²) in [6, 6.07) is 11.3. The van der Waals surface area contributed by atoms with E-state index >= 15 is 0 Å². The Bertz CT molecular complexity index is 1150. The van der Waals surface area contributed by atoms with Crippen LogP contribution in [0.25, 0.3) is 0 Å². The summed E-state index contributed by atoms with van der Waals surface area (Å²) in [5.41, 5.74) is 5.32. The van der Waals surface area contributed by atoms with E-state index in [4.69, 9.17) is 16.3 Å². The summed E-state index contributed by atoms with van der Waals surface area (Å²) in [6.45, 7) is 6.23. The number of carbonyl (C=O) groups is 3. The van der Waals surface area contributed by atoms with E-state index in [1.54, 1.807) is 11.9 Å². The lowest BCUT2D eigenvalue weighted by Gasteiger charge is -2.26. The van der Waals surface area contributed by atoms with Crippen molar-refractivity contribution in [1.29, 1.82) is 0 Å². The van der Waals surface area contributed by atoms with Crippen molar-refractivity contribution in [3.05, 3.63) is 69.2 Å². The van der Waals surface area contributed by atoms with Crippen LogP contribution in [0.1, 0.15) is 77.7 Å². The Morgan fingerprint density at radius 2 is 2.11 bits per heavy atom. The first kappa shape index (κ1) is 28.3. The Morgan fingerprint density at radius 3 is 2.87 bits per heavy atom. The van der Waals surface area contributed by atoms with Crippen molar-refractivity contribution < 1.29 is 19.1 Å². The minimum Gasteiger partial charge on any atom is -0.369 e. The van der Waals surface area contributed by atoms with Crippen LogP contribution in [0.2, 0.25) is 5.02 Å². The fraction of sp³-hybridized carbons (Fsp3) is 0.500. The maximum Gasteiger partial charge on any atom is 0.255 e. The van der Waals surface area contributed by atoms with Crippen molar-refractivity contribution in [3.8, 4) is 0 Å². The van der Waals surface area contributed by atoms with Crippen LogP contribution < -0.4 is 5.32 Å². The standard InChI is InChI=1S/C30H38ClN3O4/c1-3-33(16-14-28-25-18-23(31)13-12-22(25)20-38-28)15-5-4-8-21-9-6-10-24-26(21)19-34(30(24)37)27(11-7-17-35)29(36)32-2/h6,9-10,12-13,17-18,27-28H,3-5,7-8,11,14-16,19-20H2,1-2H3,(H,32,36). The molecule has 0 saturated carbocycles. The van der Waals surface area contributed by atoms with Gasteiger partial charge in [0.2, 0.25) is 5.91 Å². The van der Waals surface area contributed by atoms with Crippen LogP contribution in [0, 0.1) is 0 Å². The zero-order valence-electron chi connectivity index (χ0n) is 22.4. The summed E-state index contributed by atoms with van der Waals surface area (Å²) in [7, 11) is 1.56. The molecule has 204 valence electrons. The molecule has 2 atom stereocenters. The Morgan fingerprint density at radius 1 is 1.26 bits per heavy atom. The maximum atomic E-state index is 13.1. The Balaban J connectivity index is 1.29. The third-order valence-electron chi connectivity index (χ3n) is 7.80. The quantitative estimate of drug-likeness (QED) is 0.278. The smallest absolute Gasteiger partial charge is 0.255 e. The fourth-order valence-corrected chi connectivity index (χ4v) is 5.80. The van der Waals surface area contributed by atoms with Crippen molar-refractivity contribution in [3.63, 3.8) is 0 Å². The third-order valence-corrected chi connectivity index (χ3v) is 8.03. The van der Waals surface area contributed by atoms with Gasteiger partial charge in [0, 0.05) is 37.1 Å². The number of hydrogen-bond acceptors (Lipinski definition) is 5. The third kappa shape index (κ3) is 6.45. The second-order valence-corrected chi connectivity index (χ2v) is 10.5. The van der Waals surface area contributed by atoms with Crippen molar-refractivity contribution >= 4 is 29.7 Å². The summed E-state index contributed by atoms with van der Waals surface area (Å²) in [6.07, 6.45) is 5.38. The Hall–Kier alpha value is -2.74. The second-order valence-electron chi connectivity index (χ2n) is 10.1. The molecule has 0 aromatic heterocycles. The van der Waals surface area contributed by atoms with E-state index in [0.717, 1.165) is 62.2 Å². The molecule has 2 heterocycles. The molecule has 1 N–H and O–H groups in total. The monoisotopic (exact) mass is 539 g/mol. The molecule has 8 heteroatoms. The van der Waals surface area contributed by atoms with Gasteiger partial charge in [0.25, 0.3) is 5.91 Å². The molecule has 0 bridgehead atoms.